The summed E-state index contributed by atoms with van der Waals surface area (Å²) >= 11 is 0. The van der Waals surface area contributed by atoms with Gasteiger partial charge in [0, 0.05) is 32.2 Å². The number of nitrogens with zero attached hydrogens (tertiary/aromatic N) is 2. The van der Waals surface area contributed by atoms with E-state index in [-0.39, 0.29) is 24.6 Å². The van der Waals surface area contributed by atoms with Crippen molar-refractivity contribution in [3.63, 3.8) is 0 Å². The molecule has 0 spiro atoms. The Hall–Kier alpha value is -1.34. The zero-order chi connectivity index (χ0) is 15.1. The second-order valence-electron chi connectivity index (χ2n) is 5.09. The van der Waals surface area contributed by atoms with Gasteiger partial charge in [0.1, 0.15) is 6.54 Å². The van der Waals surface area contributed by atoms with Crippen molar-refractivity contribution in [1.29, 1.82) is 0 Å². The third-order valence-electron chi connectivity index (χ3n) is 3.50. The number of β-amino-alcohol motifs (C(OH)–C–C–N with tert-alkyl or cyclic N) is 1. The van der Waals surface area contributed by atoms with E-state index in [1.165, 1.54) is 7.11 Å². The lowest BCUT2D eigenvalue weighted by molar-refractivity contribution is -0.133. The molecule has 1 heterocycles. The van der Waals surface area contributed by atoms with Gasteiger partial charge in [0.05, 0.1) is 13.2 Å². The number of methoxy groups -OCH3 is 1. The Morgan fingerprint density at radius 1 is 1.45 bits per heavy atom. The molecule has 116 valence electrons. The summed E-state index contributed by atoms with van der Waals surface area (Å²) in [7, 11) is 1.27. The van der Waals surface area contributed by atoms with E-state index in [2.05, 4.69) is 21.9 Å². The first kappa shape index (κ1) is 16.7. The first-order chi connectivity index (χ1) is 9.47. The predicted octanol–water partition coefficient (Wildman–Crippen LogP) is -0.354. The summed E-state index contributed by atoms with van der Waals surface area (Å²) in [5, 5.41) is 11.9. The van der Waals surface area contributed by atoms with Crippen LogP contribution in [0.5, 0.6) is 0 Å². The fourth-order valence-electron chi connectivity index (χ4n) is 2.42. The standard InChI is InChI=1S/C13H25N3O4/c1-4-11-9-16(6-5-15(11)8-10(2)17)12(18)7-14-13(19)20-3/h10-11,17H,4-9H2,1-3H3,(H,14,19)/t10-,11+/m1/s1. The van der Waals surface area contributed by atoms with Crippen molar-refractivity contribution < 1.29 is 19.4 Å². The Morgan fingerprint density at radius 3 is 2.70 bits per heavy atom. The number of carbonyl (C=O) groups is 2. The lowest BCUT2D eigenvalue weighted by Crippen LogP contribution is -2.57. The van der Waals surface area contributed by atoms with Crippen molar-refractivity contribution in [2.75, 3.05) is 39.8 Å². The molecule has 1 saturated heterocycles. The molecule has 2 N–H and O–H groups in total. The molecule has 1 rings (SSSR count). The van der Waals surface area contributed by atoms with E-state index >= 15 is 0 Å². The molecule has 0 aromatic rings. The Balaban J connectivity index is 2.46. The molecular formula is C13H25N3O4. The maximum atomic E-state index is 12.0. The quantitative estimate of drug-likeness (QED) is 0.722. The van der Waals surface area contributed by atoms with Crippen molar-refractivity contribution in [3.8, 4) is 0 Å². The molecule has 1 aliphatic rings. The lowest BCUT2D eigenvalue weighted by atomic mass is 10.1. The highest BCUT2D eigenvalue weighted by molar-refractivity contribution is 5.82. The van der Waals surface area contributed by atoms with E-state index in [4.69, 9.17) is 0 Å². The van der Waals surface area contributed by atoms with Crippen molar-refractivity contribution in [1.82, 2.24) is 15.1 Å². The van der Waals surface area contributed by atoms with Gasteiger partial charge in [-0.3, -0.25) is 9.69 Å². The molecular weight excluding hydrogens is 262 g/mol. The monoisotopic (exact) mass is 287 g/mol. The molecule has 7 nitrogen and oxygen atoms in total. The van der Waals surface area contributed by atoms with E-state index in [1.54, 1.807) is 11.8 Å². The number of nitrogens with one attached hydrogen (secondary N) is 1. The van der Waals surface area contributed by atoms with Crippen molar-refractivity contribution in [2.45, 2.75) is 32.4 Å². The molecule has 0 radical (unpaired) electrons. The fourth-order valence-corrected chi connectivity index (χ4v) is 2.42. The highest BCUT2D eigenvalue weighted by Gasteiger charge is 2.28. The molecule has 2 amide bonds. The highest BCUT2D eigenvalue weighted by Crippen LogP contribution is 2.13. The van der Waals surface area contributed by atoms with Gasteiger partial charge in [-0.05, 0) is 13.3 Å². The van der Waals surface area contributed by atoms with Gasteiger partial charge in [-0.1, -0.05) is 6.92 Å². The maximum absolute atomic E-state index is 12.0. The molecule has 0 bridgehead atoms. The van der Waals surface area contributed by atoms with Gasteiger partial charge in [-0.2, -0.15) is 0 Å². The number of ether oxygens (including phenoxy) is 1. The van der Waals surface area contributed by atoms with Crippen LogP contribution in [0.25, 0.3) is 0 Å². The zero-order valence-corrected chi connectivity index (χ0v) is 12.5. The van der Waals surface area contributed by atoms with Gasteiger partial charge in [0.2, 0.25) is 5.91 Å². The predicted molar refractivity (Wildman–Crippen MR) is 74.3 cm³/mol. The van der Waals surface area contributed by atoms with Crippen LogP contribution in [-0.2, 0) is 9.53 Å². The van der Waals surface area contributed by atoms with Crippen LogP contribution in [0.4, 0.5) is 4.79 Å². The van der Waals surface area contributed by atoms with Gasteiger partial charge in [-0.15, -0.1) is 0 Å². The number of hydrogen-bond donors (Lipinski definition) is 2. The molecule has 0 unspecified atom stereocenters. The van der Waals surface area contributed by atoms with Crippen LogP contribution in [0.15, 0.2) is 0 Å². The van der Waals surface area contributed by atoms with E-state index in [0.717, 1.165) is 13.0 Å². The van der Waals surface area contributed by atoms with Gasteiger partial charge in [0.15, 0.2) is 0 Å². The van der Waals surface area contributed by atoms with Gasteiger partial charge in [-0.25, -0.2) is 4.79 Å². The molecule has 0 saturated carbocycles. The molecule has 1 fully saturated rings. The summed E-state index contributed by atoms with van der Waals surface area (Å²) in [6.07, 6.45) is -0.0496. The van der Waals surface area contributed by atoms with Gasteiger partial charge >= 0.3 is 6.09 Å². The summed E-state index contributed by atoms with van der Waals surface area (Å²) < 4.78 is 4.43. The topological polar surface area (TPSA) is 82.1 Å². The number of rotatable bonds is 5. The Morgan fingerprint density at radius 2 is 2.15 bits per heavy atom. The van der Waals surface area contributed by atoms with Crippen LogP contribution in [0.1, 0.15) is 20.3 Å². The minimum atomic E-state index is -0.599. The van der Waals surface area contributed by atoms with Crippen molar-refractivity contribution >= 4 is 12.0 Å². The SMILES string of the molecule is CC[C@H]1CN(C(=O)CNC(=O)OC)CCN1C[C@@H](C)O. The second-order valence-corrected chi connectivity index (χ2v) is 5.09. The van der Waals surface area contributed by atoms with E-state index in [0.29, 0.717) is 19.6 Å². The van der Waals surface area contributed by atoms with Gasteiger partial charge < -0.3 is 20.1 Å². The summed E-state index contributed by atoms with van der Waals surface area (Å²) in [6, 6.07) is 0.250. The number of carbonyl (C=O) groups excluding carboxylic acids is 2. The van der Waals surface area contributed by atoms with E-state index < -0.39 is 6.09 Å². The van der Waals surface area contributed by atoms with E-state index in [1.807, 2.05) is 0 Å². The minimum Gasteiger partial charge on any atom is -0.453 e. The lowest BCUT2D eigenvalue weighted by Gasteiger charge is -2.41. The highest BCUT2D eigenvalue weighted by atomic mass is 16.5. The molecule has 0 aromatic carbocycles. The summed E-state index contributed by atoms with van der Waals surface area (Å²) in [5.74, 6) is -0.106. The molecule has 7 heteroatoms. The second kappa shape index (κ2) is 8.06. The molecule has 20 heavy (non-hydrogen) atoms. The average Bonchev–Trinajstić information content (AvgIpc) is 2.44. The molecule has 0 aromatic heterocycles. The van der Waals surface area contributed by atoms with Crippen LogP contribution in [0.3, 0.4) is 0 Å². The number of piperazine rings is 1. The number of aliphatic hydroxyl groups excluding tert-OH is 1. The number of hydrogen-bond acceptors (Lipinski definition) is 5. The number of alkyl carbamates (subject to hydrolysis) is 1. The first-order valence-electron chi connectivity index (χ1n) is 6.99. The third kappa shape index (κ3) is 4.97. The Kier molecular flexibility index (Phi) is 6.74. The van der Waals surface area contributed by atoms with Crippen LogP contribution >= 0.6 is 0 Å². The maximum Gasteiger partial charge on any atom is 0.407 e. The fraction of sp³-hybridized carbons (Fsp3) is 0.846. The number of amides is 2. The molecule has 2 atom stereocenters. The Labute approximate surface area is 119 Å². The van der Waals surface area contributed by atoms with Crippen LogP contribution in [0.2, 0.25) is 0 Å². The van der Waals surface area contributed by atoms with E-state index in [9.17, 15) is 14.7 Å². The Bertz CT molecular complexity index is 336. The van der Waals surface area contributed by atoms with Crippen molar-refractivity contribution in [3.05, 3.63) is 0 Å². The largest absolute Gasteiger partial charge is 0.453 e. The van der Waals surface area contributed by atoms with Gasteiger partial charge in [0.25, 0.3) is 0 Å². The molecule has 0 aliphatic carbocycles. The van der Waals surface area contributed by atoms with Crippen molar-refractivity contribution in [2.24, 2.45) is 0 Å². The molecule has 1 aliphatic heterocycles. The average molecular weight is 287 g/mol. The smallest absolute Gasteiger partial charge is 0.407 e. The van der Waals surface area contributed by atoms with Crippen LogP contribution in [-0.4, -0.2) is 78.9 Å². The van der Waals surface area contributed by atoms with Crippen LogP contribution in [0, 0.1) is 0 Å². The zero-order valence-electron chi connectivity index (χ0n) is 12.5. The normalized spacial score (nSPS) is 21.4. The first-order valence-corrected chi connectivity index (χ1v) is 6.99. The minimum absolute atomic E-state index is 0.0422. The number of aliphatic hydroxyl groups is 1. The summed E-state index contributed by atoms with van der Waals surface area (Å²) in [4.78, 5) is 26.9. The summed E-state index contributed by atoms with van der Waals surface area (Å²) in [5.41, 5.74) is 0. The van der Waals surface area contributed by atoms with Crippen LogP contribution < -0.4 is 5.32 Å². The third-order valence-corrected chi connectivity index (χ3v) is 3.50. The summed E-state index contributed by atoms with van der Waals surface area (Å²) in [6.45, 7) is 6.41.